The van der Waals surface area contributed by atoms with Crippen molar-refractivity contribution in [3.63, 3.8) is 0 Å². The van der Waals surface area contributed by atoms with Gasteiger partial charge in [-0.25, -0.2) is 4.79 Å². The van der Waals surface area contributed by atoms with E-state index in [1.165, 1.54) is 6.07 Å². The Labute approximate surface area is 117 Å². The average molecular weight is 284 g/mol. The van der Waals surface area contributed by atoms with Gasteiger partial charge >= 0.3 is 5.97 Å². The molecule has 0 fully saturated rings. The van der Waals surface area contributed by atoms with Gasteiger partial charge in [-0.3, -0.25) is 4.79 Å². The Bertz CT molecular complexity index is 456. The number of carboxylic acids is 1. The number of hydrogen-bond donors (Lipinski definition) is 3. The van der Waals surface area contributed by atoms with Crippen molar-refractivity contribution in [2.45, 2.75) is 19.9 Å². The maximum Gasteiger partial charge on any atom is 0.339 e. The number of amides is 1. The van der Waals surface area contributed by atoms with E-state index in [9.17, 15) is 9.59 Å². The summed E-state index contributed by atoms with van der Waals surface area (Å²) in [7, 11) is 1.57. The number of methoxy groups -OCH3 is 1. The van der Waals surface area contributed by atoms with Gasteiger partial charge in [0.2, 0.25) is 5.91 Å². The van der Waals surface area contributed by atoms with Gasteiger partial charge in [0, 0.05) is 26.6 Å². The molecule has 20 heavy (non-hydrogen) atoms. The van der Waals surface area contributed by atoms with Crippen LogP contribution in [0.1, 0.15) is 28.3 Å². The fourth-order valence-electron chi connectivity index (χ4n) is 1.64. The number of aryl methyl sites for hydroxylation is 1. The van der Waals surface area contributed by atoms with Crippen molar-refractivity contribution < 1.29 is 23.8 Å². The van der Waals surface area contributed by atoms with E-state index in [4.69, 9.17) is 14.3 Å². The van der Waals surface area contributed by atoms with Gasteiger partial charge in [-0.15, -0.1) is 0 Å². The molecule has 0 atom stereocenters. The maximum absolute atomic E-state index is 11.4. The molecule has 0 aromatic carbocycles. The van der Waals surface area contributed by atoms with Crippen LogP contribution >= 0.6 is 0 Å². The zero-order chi connectivity index (χ0) is 15.0. The largest absolute Gasteiger partial charge is 0.478 e. The number of carbonyl (C=O) groups excluding carboxylic acids is 1. The summed E-state index contributed by atoms with van der Waals surface area (Å²) >= 11 is 0. The second-order valence-corrected chi connectivity index (χ2v) is 4.26. The summed E-state index contributed by atoms with van der Waals surface area (Å²) in [6, 6.07) is 1.49. The van der Waals surface area contributed by atoms with Crippen molar-refractivity contribution in [3.05, 3.63) is 23.2 Å². The average Bonchev–Trinajstić information content (AvgIpc) is 2.76. The van der Waals surface area contributed by atoms with Gasteiger partial charge in [0.05, 0.1) is 13.2 Å². The molecule has 1 aromatic heterocycles. The van der Waals surface area contributed by atoms with Gasteiger partial charge in [-0.1, -0.05) is 0 Å². The Morgan fingerprint density at radius 2 is 2.15 bits per heavy atom. The molecule has 0 saturated carbocycles. The van der Waals surface area contributed by atoms with Crippen LogP contribution < -0.4 is 10.6 Å². The van der Waals surface area contributed by atoms with Gasteiger partial charge in [-0.2, -0.15) is 0 Å². The molecule has 0 aliphatic carbocycles. The second kappa shape index (κ2) is 8.34. The quantitative estimate of drug-likeness (QED) is 0.572. The van der Waals surface area contributed by atoms with Crippen LogP contribution in [-0.4, -0.2) is 43.8 Å². The van der Waals surface area contributed by atoms with E-state index in [-0.39, 0.29) is 11.5 Å². The van der Waals surface area contributed by atoms with E-state index in [0.29, 0.717) is 44.2 Å². The number of hydrogen-bond acceptors (Lipinski definition) is 5. The summed E-state index contributed by atoms with van der Waals surface area (Å²) in [5, 5.41) is 14.6. The molecule has 0 saturated heterocycles. The Morgan fingerprint density at radius 1 is 1.40 bits per heavy atom. The Hall–Kier alpha value is -1.86. The zero-order valence-electron chi connectivity index (χ0n) is 11.7. The van der Waals surface area contributed by atoms with Crippen molar-refractivity contribution in [2.24, 2.45) is 0 Å². The van der Waals surface area contributed by atoms with Crippen LogP contribution in [0.25, 0.3) is 0 Å². The molecular formula is C13H20N2O5. The normalized spacial score (nSPS) is 10.5. The number of furan rings is 1. The molecule has 7 heteroatoms. The molecular weight excluding hydrogens is 264 g/mol. The third-order valence-corrected chi connectivity index (χ3v) is 2.66. The molecule has 7 nitrogen and oxygen atoms in total. The van der Waals surface area contributed by atoms with Crippen molar-refractivity contribution >= 4 is 11.9 Å². The second-order valence-electron chi connectivity index (χ2n) is 4.26. The molecule has 0 bridgehead atoms. The predicted octanol–water partition coefficient (Wildman–Crippen LogP) is 0.529. The van der Waals surface area contributed by atoms with Crippen LogP contribution in [0.4, 0.5) is 0 Å². The Morgan fingerprint density at radius 3 is 2.75 bits per heavy atom. The zero-order valence-corrected chi connectivity index (χ0v) is 11.7. The molecule has 3 N–H and O–H groups in total. The van der Waals surface area contributed by atoms with Crippen LogP contribution in [-0.2, 0) is 16.1 Å². The van der Waals surface area contributed by atoms with Crippen LogP contribution in [0.5, 0.6) is 0 Å². The summed E-state index contributed by atoms with van der Waals surface area (Å²) in [5.41, 5.74) is 0.166. The van der Waals surface area contributed by atoms with Crippen molar-refractivity contribution in [2.75, 3.05) is 26.8 Å². The van der Waals surface area contributed by atoms with E-state index < -0.39 is 5.97 Å². The standard InChI is InChI=1S/C13H20N2O5/c1-9-11(13(17)18)7-10(20-9)8-14-4-3-12(16)15-5-6-19-2/h7,14H,3-6,8H2,1-2H3,(H,15,16)(H,17,18). The number of carboxylic acid groups (broad SMARTS) is 1. The fourth-order valence-corrected chi connectivity index (χ4v) is 1.64. The van der Waals surface area contributed by atoms with E-state index in [1.54, 1.807) is 14.0 Å². The molecule has 1 amide bonds. The molecule has 0 aliphatic heterocycles. The van der Waals surface area contributed by atoms with E-state index in [0.717, 1.165) is 0 Å². The fraction of sp³-hybridized carbons (Fsp3) is 0.538. The summed E-state index contributed by atoms with van der Waals surface area (Å²) in [4.78, 5) is 22.2. The first-order valence-corrected chi connectivity index (χ1v) is 6.33. The third kappa shape index (κ3) is 5.41. The highest BCUT2D eigenvalue weighted by molar-refractivity contribution is 5.88. The van der Waals surface area contributed by atoms with Crippen LogP contribution in [0.3, 0.4) is 0 Å². The van der Waals surface area contributed by atoms with Crippen LogP contribution in [0.2, 0.25) is 0 Å². The van der Waals surface area contributed by atoms with Gasteiger partial charge in [0.1, 0.15) is 17.1 Å². The lowest BCUT2D eigenvalue weighted by Gasteiger charge is -2.05. The Kier molecular flexibility index (Phi) is 6.75. The van der Waals surface area contributed by atoms with E-state index in [2.05, 4.69) is 10.6 Å². The van der Waals surface area contributed by atoms with Gasteiger partial charge in [-0.05, 0) is 13.0 Å². The van der Waals surface area contributed by atoms with E-state index in [1.807, 2.05) is 0 Å². The van der Waals surface area contributed by atoms with Crippen molar-refractivity contribution in [3.8, 4) is 0 Å². The van der Waals surface area contributed by atoms with Crippen LogP contribution in [0.15, 0.2) is 10.5 Å². The SMILES string of the molecule is COCCNC(=O)CCNCc1cc(C(=O)O)c(C)o1. The minimum Gasteiger partial charge on any atom is -0.478 e. The summed E-state index contributed by atoms with van der Waals surface area (Å²) < 4.78 is 10.1. The molecule has 1 heterocycles. The van der Waals surface area contributed by atoms with Gasteiger partial charge in [0.25, 0.3) is 0 Å². The number of rotatable bonds is 9. The van der Waals surface area contributed by atoms with E-state index >= 15 is 0 Å². The first-order valence-electron chi connectivity index (χ1n) is 6.33. The van der Waals surface area contributed by atoms with Crippen LogP contribution in [0, 0.1) is 6.92 Å². The number of nitrogens with one attached hydrogen (secondary N) is 2. The minimum absolute atomic E-state index is 0.0589. The molecule has 1 aromatic rings. The highest BCUT2D eigenvalue weighted by atomic mass is 16.5. The molecule has 0 radical (unpaired) electrons. The highest BCUT2D eigenvalue weighted by Crippen LogP contribution is 2.14. The first kappa shape index (κ1) is 16.2. The molecule has 1 rings (SSSR count). The number of carbonyl (C=O) groups is 2. The van der Waals surface area contributed by atoms with Crippen molar-refractivity contribution in [1.82, 2.24) is 10.6 Å². The van der Waals surface area contributed by atoms with Gasteiger partial charge in [0.15, 0.2) is 0 Å². The Balaban J connectivity index is 2.22. The lowest BCUT2D eigenvalue weighted by molar-refractivity contribution is -0.121. The lowest BCUT2D eigenvalue weighted by atomic mass is 10.2. The number of ether oxygens (including phenoxy) is 1. The van der Waals surface area contributed by atoms with Crippen molar-refractivity contribution in [1.29, 1.82) is 0 Å². The summed E-state index contributed by atoms with van der Waals surface area (Å²) in [6.07, 6.45) is 0.342. The third-order valence-electron chi connectivity index (χ3n) is 2.66. The molecule has 112 valence electrons. The maximum atomic E-state index is 11.4. The summed E-state index contributed by atoms with van der Waals surface area (Å²) in [6.45, 7) is 3.47. The smallest absolute Gasteiger partial charge is 0.339 e. The first-order chi connectivity index (χ1) is 9.54. The lowest BCUT2D eigenvalue weighted by Crippen LogP contribution is -2.29. The topological polar surface area (TPSA) is 101 Å². The predicted molar refractivity (Wildman–Crippen MR) is 71.6 cm³/mol. The molecule has 0 unspecified atom stereocenters. The minimum atomic E-state index is -1.00. The molecule has 0 aliphatic rings. The van der Waals surface area contributed by atoms with Gasteiger partial charge < -0.3 is 24.9 Å². The monoisotopic (exact) mass is 284 g/mol. The number of aromatic carboxylic acids is 1. The molecule has 0 spiro atoms. The summed E-state index contributed by atoms with van der Waals surface area (Å²) in [5.74, 6) is -0.141. The highest BCUT2D eigenvalue weighted by Gasteiger charge is 2.13.